The van der Waals surface area contributed by atoms with Crippen LogP contribution in [0, 0.1) is 17.0 Å². The molecule has 2 aromatic heterocycles. The molecule has 0 radical (unpaired) electrons. The Morgan fingerprint density at radius 3 is 2.75 bits per heavy atom. The maximum absolute atomic E-state index is 10.7. The third kappa shape index (κ3) is 3.79. The highest BCUT2D eigenvalue weighted by molar-refractivity contribution is 7.98. The van der Waals surface area contributed by atoms with E-state index in [2.05, 4.69) is 21.2 Å². The number of benzene rings is 2. The Bertz CT molecular complexity index is 1120. The molecule has 0 spiro atoms. The van der Waals surface area contributed by atoms with Crippen molar-refractivity contribution < 1.29 is 9.34 Å². The number of imidazole rings is 1. The molecule has 0 aliphatic rings. The first-order valence-electron chi connectivity index (χ1n) is 8.40. The van der Waals surface area contributed by atoms with Gasteiger partial charge in [-0.1, -0.05) is 23.9 Å². The lowest BCUT2D eigenvalue weighted by atomic mass is 10.2. The molecule has 0 amide bonds. The van der Waals surface area contributed by atoms with Gasteiger partial charge in [-0.2, -0.15) is 0 Å². The summed E-state index contributed by atoms with van der Waals surface area (Å²) < 4.78 is 7.69. The summed E-state index contributed by atoms with van der Waals surface area (Å²) in [4.78, 5) is 14.7. The van der Waals surface area contributed by atoms with Crippen LogP contribution in [0.3, 0.4) is 0 Å². The second kappa shape index (κ2) is 7.65. The molecule has 0 atom stereocenters. The minimum absolute atomic E-state index is 0.0158. The van der Waals surface area contributed by atoms with Crippen LogP contribution in [0.25, 0.3) is 17.1 Å². The molecule has 0 aliphatic heterocycles. The van der Waals surface area contributed by atoms with Crippen molar-refractivity contribution in [3.05, 3.63) is 82.5 Å². The highest BCUT2D eigenvalue weighted by Crippen LogP contribution is 2.26. The van der Waals surface area contributed by atoms with Crippen LogP contribution in [-0.4, -0.2) is 24.7 Å². The van der Waals surface area contributed by atoms with E-state index in [0.717, 1.165) is 10.8 Å². The number of hydrogen-bond donors (Lipinski definition) is 0. The van der Waals surface area contributed by atoms with Gasteiger partial charge in [0.2, 0.25) is 11.8 Å². The molecule has 2 aromatic carbocycles. The molecular weight excluding hydrogens is 378 g/mol. The van der Waals surface area contributed by atoms with E-state index in [-0.39, 0.29) is 5.69 Å². The molecule has 0 unspecified atom stereocenters. The van der Waals surface area contributed by atoms with Crippen molar-refractivity contribution in [3.8, 4) is 17.1 Å². The third-order valence-electron chi connectivity index (χ3n) is 4.00. The lowest BCUT2D eigenvalue weighted by molar-refractivity contribution is -0.384. The maximum Gasteiger partial charge on any atom is 0.269 e. The van der Waals surface area contributed by atoms with Gasteiger partial charge in [-0.05, 0) is 36.8 Å². The molecule has 0 N–H and O–H groups in total. The predicted molar refractivity (Wildman–Crippen MR) is 104 cm³/mol. The van der Waals surface area contributed by atoms with E-state index in [1.54, 1.807) is 18.3 Å². The average molecular weight is 393 g/mol. The zero-order valence-corrected chi connectivity index (χ0v) is 15.7. The van der Waals surface area contributed by atoms with Crippen molar-refractivity contribution in [2.45, 2.75) is 17.8 Å². The van der Waals surface area contributed by atoms with Crippen molar-refractivity contribution in [2.24, 2.45) is 0 Å². The number of nitro groups is 1. The lowest BCUT2D eigenvalue weighted by Crippen LogP contribution is -1.95. The first-order chi connectivity index (χ1) is 13.6. The highest BCUT2D eigenvalue weighted by Gasteiger charge is 2.13. The molecule has 0 aliphatic carbocycles. The number of aryl methyl sites for hydroxylation is 1. The fourth-order valence-corrected chi connectivity index (χ4v) is 3.46. The summed E-state index contributed by atoms with van der Waals surface area (Å²) in [7, 11) is 0. The molecule has 28 heavy (non-hydrogen) atoms. The van der Waals surface area contributed by atoms with E-state index < -0.39 is 4.92 Å². The maximum atomic E-state index is 10.7. The zero-order chi connectivity index (χ0) is 19.5. The molecular formula is C19H15N5O3S. The summed E-state index contributed by atoms with van der Waals surface area (Å²) in [6, 6.07) is 14.2. The first-order valence-corrected chi connectivity index (χ1v) is 9.39. The third-order valence-corrected chi connectivity index (χ3v) is 4.95. The quantitative estimate of drug-likeness (QED) is 0.271. The summed E-state index contributed by atoms with van der Waals surface area (Å²) in [6.07, 6.45) is 3.66. The molecule has 2 heterocycles. The van der Waals surface area contributed by atoms with Gasteiger partial charge in [0.15, 0.2) is 5.16 Å². The van der Waals surface area contributed by atoms with Gasteiger partial charge in [0.05, 0.1) is 10.7 Å². The Balaban J connectivity index is 1.47. The number of thioether (sulfide) groups is 1. The molecule has 8 nitrogen and oxygen atoms in total. The molecule has 0 fully saturated rings. The van der Waals surface area contributed by atoms with Gasteiger partial charge >= 0.3 is 0 Å². The smallest absolute Gasteiger partial charge is 0.269 e. The van der Waals surface area contributed by atoms with Crippen molar-refractivity contribution >= 4 is 17.4 Å². The molecule has 0 saturated heterocycles. The van der Waals surface area contributed by atoms with Gasteiger partial charge in [0, 0.05) is 35.8 Å². The van der Waals surface area contributed by atoms with Gasteiger partial charge < -0.3 is 4.42 Å². The number of rotatable bonds is 6. The highest BCUT2D eigenvalue weighted by atomic mass is 32.2. The second-order valence-corrected chi connectivity index (χ2v) is 6.95. The van der Waals surface area contributed by atoms with Gasteiger partial charge in [-0.3, -0.25) is 14.7 Å². The molecule has 4 rings (SSSR count). The SMILES string of the molecule is Cc1cccc(-n2ccnc2SCc2nnc(-c3ccc([N+](=O)[O-])cc3)o2)c1. The summed E-state index contributed by atoms with van der Waals surface area (Å²) in [5, 5.41) is 19.6. The Hall–Kier alpha value is -3.46. The Morgan fingerprint density at radius 1 is 1.18 bits per heavy atom. The van der Waals surface area contributed by atoms with Gasteiger partial charge in [0.25, 0.3) is 5.69 Å². The topological polar surface area (TPSA) is 99.9 Å². The fourth-order valence-electron chi connectivity index (χ4n) is 2.65. The number of aromatic nitrogens is 4. The van der Waals surface area contributed by atoms with E-state index >= 15 is 0 Å². The van der Waals surface area contributed by atoms with Crippen molar-refractivity contribution in [1.29, 1.82) is 0 Å². The van der Waals surface area contributed by atoms with Gasteiger partial charge in [0.1, 0.15) is 0 Å². The van der Waals surface area contributed by atoms with Crippen LogP contribution in [0.1, 0.15) is 11.5 Å². The van der Waals surface area contributed by atoms with Crippen LogP contribution in [-0.2, 0) is 5.75 Å². The van der Waals surface area contributed by atoms with E-state index in [1.807, 2.05) is 35.9 Å². The van der Waals surface area contributed by atoms with E-state index in [1.165, 1.54) is 29.5 Å². The monoisotopic (exact) mass is 393 g/mol. The molecule has 0 saturated carbocycles. The number of nitrogens with zero attached hydrogens (tertiary/aromatic N) is 5. The van der Waals surface area contributed by atoms with E-state index in [0.29, 0.717) is 23.1 Å². The summed E-state index contributed by atoms with van der Waals surface area (Å²) >= 11 is 1.49. The Morgan fingerprint density at radius 2 is 2.00 bits per heavy atom. The van der Waals surface area contributed by atoms with Crippen LogP contribution in [0.2, 0.25) is 0 Å². The summed E-state index contributed by atoms with van der Waals surface area (Å²) in [5.74, 6) is 1.24. The largest absolute Gasteiger partial charge is 0.420 e. The second-order valence-electron chi connectivity index (χ2n) is 6.01. The van der Waals surface area contributed by atoms with E-state index in [9.17, 15) is 10.1 Å². The zero-order valence-electron chi connectivity index (χ0n) is 14.8. The number of nitro benzene ring substituents is 1. The number of hydrogen-bond acceptors (Lipinski definition) is 7. The fraction of sp³-hybridized carbons (Fsp3) is 0.105. The minimum atomic E-state index is -0.448. The normalized spacial score (nSPS) is 10.9. The van der Waals surface area contributed by atoms with Crippen molar-refractivity contribution in [2.75, 3.05) is 0 Å². The lowest BCUT2D eigenvalue weighted by Gasteiger charge is -2.07. The van der Waals surface area contributed by atoms with Crippen LogP contribution in [0.4, 0.5) is 5.69 Å². The Kier molecular flexibility index (Phi) is 4.90. The van der Waals surface area contributed by atoms with Gasteiger partial charge in [-0.25, -0.2) is 4.98 Å². The van der Waals surface area contributed by atoms with Crippen LogP contribution < -0.4 is 0 Å². The average Bonchev–Trinajstić information content (AvgIpc) is 3.36. The molecule has 140 valence electrons. The summed E-state index contributed by atoms with van der Waals surface area (Å²) in [5.41, 5.74) is 2.86. The number of non-ortho nitro benzene ring substituents is 1. The van der Waals surface area contributed by atoms with E-state index in [4.69, 9.17) is 4.42 Å². The predicted octanol–water partition coefficient (Wildman–Crippen LogP) is 4.43. The first kappa shape index (κ1) is 17.9. The van der Waals surface area contributed by atoms with Crippen molar-refractivity contribution in [1.82, 2.24) is 19.7 Å². The van der Waals surface area contributed by atoms with Crippen molar-refractivity contribution in [3.63, 3.8) is 0 Å². The van der Waals surface area contributed by atoms with Gasteiger partial charge in [-0.15, -0.1) is 10.2 Å². The molecule has 4 aromatic rings. The standard InChI is InChI=1S/C19H15N5O3S/c1-13-3-2-4-16(11-13)23-10-9-20-19(23)28-12-17-21-22-18(27-17)14-5-7-15(8-6-14)24(25)26/h2-11H,12H2,1H3. The summed E-state index contributed by atoms with van der Waals surface area (Å²) in [6.45, 7) is 2.05. The van der Waals surface area contributed by atoms with Crippen LogP contribution in [0.15, 0.2) is 70.5 Å². The molecule has 0 bridgehead atoms. The molecule has 9 heteroatoms. The minimum Gasteiger partial charge on any atom is -0.420 e. The Labute approximate surface area is 164 Å². The van der Waals surface area contributed by atoms with Crippen LogP contribution in [0.5, 0.6) is 0 Å². The van der Waals surface area contributed by atoms with Crippen LogP contribution >= 0.6 is 11.8 Å².